The molecule has 2 N–H and O–H groups in total. The molecule has 0 saturated heterocycles. The molecule has 0 atom stereocenters. The van der Waals surface area contributed by atoms with Gasteiger partial charge in [-0.25, -0.2) is 4.39 Å². The van der Waals surface area contributed by atoms with E-state index in [1.807, 2.05) is 24.1 Å². The maximum absolute atomic E-state index is 13.2. The summed E-state index contributed by atoms with van der Waals surface area (Å²) in [5, 5.41) is 0. The molecule has 0 aliphatic heterocycles. The lowest BCUT2D eigenvalue weighted by atomic mass is 10.1. The van der Waals surface area contributed by atoms with Gasteiger partial charge in [0.1, 0.15) is 5.82 Å². The van der Waals surface area contributed by atoms with Crippen molar-refractivity contribution >= 4 is 17.2 Å². The number of Topliss-reactive ketones (excluding diaryl/α,β-unsaturated/α-hetero) is 1. The number of ketones is 1. The molecule has 3 nitrogen and oxygen atoms in total. The van der Waals surface area contributed by atoms with E-state index >= 15 is 0 Å². The summed E-state index contributed by atoms with van der Waals surface area (Å²) in [6.07, 6.45) is 0. The van der Waals surface area contributed by atoms with Gasteiger partial charge in [0.2, 0.25) is 0 Å². The van der Waals surface area contributed by atoms with E-state index in [-0.39, 0.29) is 11.6 Å². The van der Waals surface area contributed by atoms with Crippen molar-refractivity contribution in [1.82, 2.24) is 0 Å². The Balaban J connectivity index is 2.23. The largest absolute Gasteiger partial charge is 0.398 e. The van der Waals surface area contributed by atoms with Crippen molar-refractivity contribution < 1.29 is 9.18 Å². The summed E-state index contributed by atoms with van der Waals surface area (Å²) in [5.41, 5.74) is 8.49. The molecule has 0 radical (unpaired) electrons. The first-order valence-corrected chi connectivity index (χ1v) is 6.33. The standard InChI is InChI=1S/C16H17FN2O/c1-11(20)15-9-14(6-7-16(15)18)19(2)10-12-4-3-5-13(17)8-12/h3-9H,10,18H2,1-2H3. The molecular formula is C16H17FN2O. The molecule has 0 unspecified atom stereocenters. The van der Waals surface area contributed by atoms with Crippen LogP contribution < -0.4 is 10.6 Å². The number of anilines is 2. The third-order valence-electron chi connectivity index (χ3n) is 3.17. The fraction of sp³-hybridized carbons (Fsp3) is 0.188. The van der Waals surface area contributed by atoms with Gasteiger partial charge in [-0.05, 0) is 42.8 Å². The molecule has 0 fully saturated rings. The van der Waals surface area contributed by atoms with E-state index in [2.05, 4.69) is 0 Å². The second-order valence-electron chi connectivity index (χ2n) is 4.81. The number of carbonyl (C=O) groups is 1. The number of carbonyl (C=O) groups excluding carboxylic acids is 1. The molecule has 4 heteroatoms. The van der Waals surface area contributed by atoms with Crippen LogP contribution in [-0.4, -0.2) is 12.8 Å². The molecular weight excluding hydrogens is 255 g/mol. The number of nitrogens with zero attached hydrogens (tertiary/aromatic N) is 1. The van der Waals surface area contributed by atoms with Crippen LogP contribution in [0.5, 0.6) is 0 Å². The monoisotopic (exact) mass is 272 g/mol. The van der Waals surface area contributed by atoms with Crippen LogP contribution >= 0.6 is 0 Å². The molecule has 0 amide bonds. The minimum Gasteiger partial charge on any atom is -0.398 e. The summed E-state index contributed by atoms with van der Waals surface area (Å²) >= 11 is 0. The minimum atomic E-state index is -0.252. The van der Waals surface area contributed by atoms with Crippen LogP contribution in [0.3, 0.4) is 0 Å². The third kappa shape index (κ3) is 3.15. The number of benzene rings is 2. The van der Waals surface area contributed by atoms with Gasteiger partial charge < -0.3 is 10.6 Å². The Bertz CT molecular complexity index is 640. The maximum Gasteiger partial charge on any atom is 0.161 e. The Morgan fingerprint density at radius 3 is 2.65 bits per heavy atom. The quantitative estimate of drug-likeness (QED) is 0.686. The normalized spacial score (nSPS) is 10.3. The summed E-state index contributed by atoms with van der Waals surface area (Å²) in [4.78, 5) is 13.4. The first-order chi connectivity index (χ1) is 9.47. The zero-order valence-electron chi connectivity index (χ0n) is 11.6. The van der Waals surface area contributed by atoms with Gasteiger partial charge >= 0.3 is 0 Å². The highest BCUT2D eigenvalue weighted by Gasteiger charge is 2.09. The van der Waals surface area contributed by atoms with Crippen LogP contribution in [0.1, 0.15) is 22.8 Å². The predicted octanol–water partition coefficient (Wildman–Crippen LogP) is 3.25. The second-order valence-corrected chi connectivity index (χ2v) is 4.81. The van der Waals surface area contributed by atoms with Crippen molar-refractivity contribution in [2.75, 3.05) is 17.7 Å². The molecule has 0 saturated carbocycles. The average molecular weight is 272 g/mol. The fourth-order valence-corrected chi connectivity index (χ4v) is 2.09. The van der Waals surface area contributed by atoms with Crippen molar-refractivity contribution in [2.45, 2.75) is 13.5 Å². The molecule has 0 bridgehead atoms. The molecule has 0 aliphatic carbocycles. The van der Waals surface area contributed by atoms with Gasteiger partial charge in [0.15, 0.2) is 5.78 Å². The predicted molar refractivity (Wildman–Crippen MR) is 79.4 cm³/mol. The highest BCUT2D eigenvalue weighted by molar-refractivity contribution is 6.00. The number of rotatable bonds is 4. The molecule has 0 aliphatic rings. The number of nitrogens with two attached hydrogens (primary N) is 1. The summed E-state index contributed by atoms with van der Waals surface area (Å²) < 4.78 is 13.2. The zero-order valence-corrected chi connectivity index (χ0v) is 11.6. The summed E-state index contributed by atoms with van der Waals surface area (Å²) in [6, 6.07) is 11.8. The zero-order chi connectivity index (χ0) is 14.7. The van der Waals surface area contributed by atoms with Crippen molar-refractivity contribution in [2.24, 2.45) is 0 Å². The molecule has 2 aromatic rings. The Morgan fingerprint density at radius 2 is 2.00 bits per heavy atom. The van der Waals surface area contributed by atoms with Gasteiger partial charge in [-0.15, -0.1) is 0 Å². The van der Waals surface area contributed by atoms with E-state index < -0.39 is 0 Å². The summed E-state index contributed by atoms with van der Waals surface area (Å²) in [7, 11) is 1.89. The van der Waals surface area contributed by atoms with E-state index in [9.17, 15) is 9.18 Å². The molecule has 2 aromatic carbocycles. The van der Waals surface area contributed by atoms with Crippen LogP contribution in [0, 0.1) is 5.82 Å². The fourth-order valence-electron chi connectivity index (χ4n) is 2.09. The van der Waals surface area contributed by atoms with Crippen molar-refractivity contribution in [3.05, 3.63) is 59.4 Å². The summed E-state index contributed by atoms with van der Waals surface area (Å²) in [5.74, 6) is -0.318. The Kier molecular flexibility index (Phi) is 4.03. The lowest BCUT2D eigenvalue weighted by Crippen LogP contribution is -2.17. The first kappa shape index (κ1) is 14.1. The lowest BCUT2D eigenvalue weighted by molar-refractivity contribution is 0.101. The van der Waals surface area contributed by atoms with E-state index in [0.717, 1.165) is 11.3 Å². The van der Waals surface area contributed by atoms with Crippen molar-refractivity contribution in [3.63, 3.8) is 0 Å². The number of hydrogen-bond donors (Lipinski definition) is 1. The van der Waals surface area contributed by atoms with Gasteiger partial charge in [-0.1, -0.05) is 12.1 Å². The van der Waals surface area contributed by atoms with Crippen LogP contribution in [0.4, 0.5) is 15.8 Å². The van der Waals surface area contributed by atoms with Gasteiger partial charge in [-0.3, -0.25) is 4.79 Å². The number of nitrogen functional groups attached to an aromatic ring is 1. The molecule has 2 rings (SSSR count). The SMILES string of the molecule is CC(=O)c1cc(N(C)Cc2cccc(F)c2)ccc1N. The highest BCUT2D eigenvalue weighted by atomic mass is 19.1. The van der Waals surface area contributed by atoms with Crippen LogP contribution in [0.15, 0.2) is 42.5 Å². The summed E-state index contributed by atoms with van der Waals surface area (Å²) in [6.45, 7) is 2.04. The smallest absolute Gasteiger partial charge is 0.161 e. The highest BCUT2D eigenvalue weighted by Crippen LogP contribution is 2.22. The van der Waals surface area contributed by atoms with E-state index in [1.165, 1.54) is 19.1 Å². The number of halogens is 1. The van der Waals surface area contributed by atoms with Gasteiger partial charge in [0.25, 0.3) is 0 Å². The second kappa shape index (κ2) is 5.74. The van der Waals surface area contributed by atoms with Crippen molar-refractivity contribution in [3.8, 4) is 0 Å². The van der Waals surface area contributed by atoms with Crippen LogP contribution in [-0.2, 0) is 6.54 Å². The van der Waals surface area contributed by atoms with Gasteiger partial charge in [0.05, 0.1) is 0 Å². The minimum absolute atomic E-state index is 0.0662. The van der Waals surface area contributed by atoms with E-state index in [0.29, 0.717) is 17.8 Å². The lowest BCUT2D eigenvalue weighted by Gasteiger charge is -2.20. The van der Waals surface area contributed by atoms with Gasteiger partial charge in [-0.2, -0.15) is 0 Å². The average Bonchev–Trinajstić information content (AvgIpc) is 2.38. The first-order valence-electron chi connectivity index (χ1n) is 6.33. The Labute approximate surface area is 117 Å². The third-order valence-corrected chi connectivity index (χ3v) is 3.17. The van der Waals surface area contributed by atoms with Crippen LogP contribution in [0.2, 0.25) is 0 Å². The molecule has 0 heterocycles. The Morgan fingerprint density at radius 1 is 1.25 bits per heavy atom. The van der Waals surface area contributed by atoms with E-state index in [1.54, 1.807) is 18.2 Å². The molecule has 0 aromatic heterocycles. The topological polar surface area (TPSA) is 46.3 Å². The molecule has 104 valence electrons. The number of hydrogen-bond acceptors (Lipinski definition) is 3. The Hall–Kier alpha value is -2.36. The van der Waals surface area contributed by atoms with Crippen LogP contribution in [0.25, 0.3) is 0 Å². The molecule has 0 spiro atoms. The van der Waals surface area contributed by atoms with E-state index in [4.69, 9.17) is 5.73 Å². The van der Waals surface area contributed by atoms with Crippen molar-refractivity contribution in [1.29, 1.82) is 0 Å². The van der Waals surface area contributed by atoms with Gasteiger partial charge in [0, 0.05) is 30.5 Å². The maximum atomic E-state index is 13.2. The molecule has 20 heavy (non-hydrogen) atoms.